The van der Waals surface area contributed by atoms with Gasteiger partial charge < -0.3 is 14.9 Å². The number of aliphatic carboxylic acids is 1. The molecule has 0 aliphatic carbocycles. The largest absolute Gasteiger partial charge is 0.481 e. The van der Waals surface area contributed by atoms with Gasteiger partial charge in [-0.05, 0) is 0 Å². The van der Waals surface area contributed by atoms with E-state index in [2.05, 4.69) is 0 Å². The number of ether oxygens (including phenoxy) is 1. The first kappa shape index (κ1) is 7.50. The third-order valence-corrected chi connectivity index (χ3v) is 1.56. The fourth-order valence-electron chi connectivity index (χ4n) is 1.02. The monoisotopic (exact) mass is 146 g/mol. The van der Waals surface area contributed by atoms with Crippen molar-refractivity contribution in [3.8, 4) is 0 Å². The van der Waals surface area contributed by atoms with Crippen molar-refractivity contribution in [2.45, 2.75) is 18.4 Å². The lowest BCUT2D eigenvalue weighted by molar-refractivity contribution is -0.142. The summed E-state index contributed by atoms with van der Waals surface area (Å²) in [4.78, 5) is 10.1. The van der Waals surface area contributed by atoms with E-state index in [1.54, 1.807) is 0 Å². The highest BCUT2D eigenvalue weighted by molar-refractivity contribution is 5.68. The lowest BCUT2D eigenvalue weighted by atomic mass is 10.00. The molecule has 0 unspecified atom stereocenters. The molecule has 0 radical (unpaired) electrons. The van der Waals surface area contributed by atoms with Crippen LogP contribution in [0.25, 0.3) is 0 Å². The summed E-state index contributed by atoms with van der Waals surface area (Å²) < 4.78 is 4.85. The van der Waals surface area contributed by atoms with Gasteiger partial charge in [0.25, 0.3) is 0 Å². The van der Waals surface area contributed by atoms with Gasteiger partial charge in [0.05, 0.1) is 13.0 Å². The highest BCUT2D eigenvalue weighted by Crippen LogP contribution is 2.21. The van der Waals surface area contributed by atoms with E-state index in [1.807, 2.05) is 0 Å². The van der Waals surface area contributed by atoms with Gasteiger partial charge >= 0.3 is 5.97 Å². The topological polar surface area (TPSA) is 66.8 Å². The van der Waals surface area contributed by atoms with E-state index in [9.17, 15) is 9.90 Å². The molecule has 1 rings (SSSR count). The lowest BCUT2D eigenvalue weighted by Crippen LogP contribution is -2.31. The summed E-state index contributed by atoms with van der Waals surface area (Å²) in [5.74, 6) is -0.979. The van der Waals surface area contributed by atoms with Gasteiger partial charge in [0, 0.05) is 13.0 Å². The molecular formula is C6H10O4. The number of carboxylic acid groups (broad SMARTS) is 1. The second-order valence-electron chi connectivity index (χ2n) is 2.60. The van der Waals surface area contributed by atoms with Gasteiger partial charge in [-0.1, -0.05) is 0 Å². The van der Waals surface area contributed by atoms with Crippen LogP contribution < -0.4 is 0 Å². The van der Waals surface area contributed by atoms with Gasteiger partial charge in [0.1, 0.15) is 5.60 Å². The summed E-state index contributed by atoms with van der Waals surface area (Å²) >= 11 is 0. The van der Waals surface area contributed by atoms with Crippen molar-refractivity contribution >= 4 is 5.97 Å². The quantitative estimate of drug-likeness (QED) is 0.557. The summed E-state index contributed by atoms with van der Waals surface area (Å²) in [7, 11) is 0. The number of rotatable bonds is 2. The first-order valence-electron chi connectivity index (χ1n) is 3.14. The molecule has 1 heterocycles. The molecule has 0 saturated carbocycles. The van der Waals surface area contributed by atoms with Crippen LogP contribution in [-0.4, -0.2) is 35.0 Å². The van der Waals surface area contributed by atoms with Gasteiger partial charge in [0.15, 0.2) is 0 Å². The minimum absolute atomic E-state index is 0.152. The van der Waals surface area contributed by atoms with E-state index in [1.165, 1.54) is 0 Å². The molecule has 0 aromatic rings. The number of carbonyl (C=O) groups is 1. The van der Waals surface area contributed by atoms with Crippen LogP contribution >= 0.6 is 0 Å². The van der Waals surface area contributed by atoms with Crippen molar-refractivity contribution < 1.29 is 19.7 Å². The van der Waals surface area contributed by atoms with Crippen LogP contribution in [0, 0.1) is 0 Å². The summed E-state index contributed by atoms with van der Waals surface area (Å²) in [6.45, 7) is 0.614. The predicted molar refractivity (Wildman–Crippen MR) is 32.6 cm³/mol. The zero-order chi connectivity index (χ0) is 7.61. The highest BCUT2D eigenvalue weighted by atomic mass is 16.5. The molecule has 0 aromatic heterocycles. The van der Waals surface area contributed by atoms with Crippen LogP contribution in [0.4, 0.5) is 0 Å². The van der Waals surface area contributed by atoms with E-state index < -0.39 is 11.6 Å². The molecule has 1 aliphatic rings. The molecule has 10 heavy (non-hydrogen) atoms. The zero-order valence-electron chi connectivity index (χ0n) is 5.54. The minimum atomic E-state index is -1.11. The second-order valence-corrected chi connectivity index (χ2v) is 2.60. The van der Waals surface area contributed by atoms with E-state index in [4.69, 9.17) is 9.84 Å². The standard InChI is InChI=1S/C6H10O4/c7-5(8)3-6(9)1-2-10-4-6/h9H,1-4H2,(H,7,8)/t6-/m0/s1. The Bertz CT molecular complexity index is 137. The SMILES string of the molecule is O=C(O)C[C@@]1(O)CCOC1. The van der Waals surface area contributed by atoms with Gasteiger partial charge in [-0.2, -0.15) is 0 Å². The lowest BCUT2D eigenvalue weighted by Gasteiger charge is -2.16. The van der Waals surface area contributed by atoms with Crippen molar-refractivity contribution in [3.05, 3.63) is 0 Å². The molecule has 0 spiro atoms. The molecule has 0 amide bonds. The second kappa shape index (κ2) is 2.56. The van der Waals surface area contributed by atoms with Gasteiger partial charge in [-0.3, -0.25) is 4.79 Å². The first-order chi connectivity index (χ1) is 4.62. The average molecular weight is 146 g/mol. The predicted octanol–water partition coefficient (Wildman–Crippen LogP) is -0.387. The summed E-state index contributed by atoms with van der Waals surface area (Å²) in [6, 6.07) is 0. The highest BCUT2D eigenvalue weighted by Gasteiger charge is 2.34. The summed E-state index contributed by atoms with van der Waals surface area (Å²) in [6.07, 6.45) is 0.215. The Morgan fingerprint density at radius 1 is 1.70 bits per heavy atom. The molecule has 1 fully saturated rings. The van der Waals surface area contributed by atoms with Crippen molar-refractivity contribution in [2.24, 2.45) is 0 Å². The van der Waals surface area contributed by atoms with E-state index in [-0.39, 0.29) is 13.0 Å². The van der Waals surface area contributed by atoms with Gasteiger partial charge in [-0.15, -0.1) is 0 Å². The molecule has 4 nitrogen and oxygen atoms in total. The Hall–Kier alpha value is -0.610. The van der Waals surface area contributed by atoms with E-state index >= 15 is 0 Å². The van der Waals surface area contributed by atoms with Crippen molar-refractivity contribution in [1.82, 2.24) is 0 Å². The Morgan fingerprint density at radius 2 is 2.40 bits per heavy atom. The van der Waals surface area contributed by atoms with Crippen LogP contribution in [-0.2, 0) is 9.53 Å². The van der Waals surface area contributed by atoms with Crippen molar-refractivity contribution in [2.75, 3.05) is 13.2 Å². The maximum Gasteiger partial charge on any atom is 0.306 e. The van der Waals surface area contributed by atoms with E-state index in [0.29, 0.717) is 13.0 Å². The number of hydrogen-bond acceptors (Lipinski definition) is 3. The fourth-order valence-corrected chi connectivity index (χ4v) is 1.02. The Morgan fingerprint density at radius 3 is 2.80 bits per heavy atom. The summed E-state index contributed by atoms with van der Waals surface area (Å²) in [5.41, 5.74) is -1.11. The van der Waals surface area contributed by atoms with E-state index in [0.717, 1.165) is 0 Å². The van der Waals surface area contributed by atoms with Crippen LogP contribution in [0.3, 0.4) is 0 Å². The summed E-state index contributed by atoms with van der Waals surface area (Å²) in [5, 5.41) is 17.7. The van der Waals surface area contributed by atoms with Crippen molar-refractivity contribution in [3.63, 3.8) is 0 Å². The van der Waals surface area contributed by atoms with Crippen LogP contribution in [0.15, 0.2) is 0 Å². The maximum absolute atomic E-state index is 10.1. The minimum Gasteiger partial charge on any atom is -0.481 e. The fraction of sp³-hybridized carbons (Fsp3) is 0.833. The smallest absolute Gasteiger partial charge is 0.306 e. The van der Waals surface area contributed by atoms with Gasteiger partial charge in [-0.25, -0.2) is 0 Å². The molecule has 1 aliphatic heterocycles. The molecule has 0 aromatic carbocycles. The molecule has 1 saturated heterocycles. The molecule has 58 valence electrons. The Kier molecular flexibility index (Phi) is 1.92. The number of carboxylic acids is 1. The number of aliphatic hydroxyl groups is 1. The van der Waals surface area contributed by atoms with Crippen LogP contribution in [0.1, 0.15) is 12.8 Å². The molecule has 4 heteroatoms. The number of hydrogen-bond donors (Lipinski definition) is 2. The van der Waals surface area contributed by atoms with Crippen LogP contribution in [0.2, 0.25) is 0 Å². The third kappa shape index (κ3) is 1.68. The van der Waals surface area contributed by atoms with Gasteiger partial charge in [0.2, 0.25) is 0 Å². The van der Waals surface area contributed by atoms with Crippen molar-refractivity contribution in [1.29, 1.82) is 0 Å². The Labute approximate surface area is 58.4 Å². The average Bonchev–Trinajstić information content (AvgIpc) is 2.12. The molecule has 1 atom stereocenters. The molecule has 0 bridgehead atoms. The Balaban J connectivity index is 2.43. The molecule has 2 N–H and O–H groups in total. The molecular weight excluding hydrogens is 136 g/mol. The third-order valence-electron chi connectivity index (χ3n) is 1.56. The normalized spacial score (nSPS) is 32.5. The first-order valence-corrected chi connectivity index (χ1v) is 3.14. The van der Waals surface area contributed by atoms with Crippen LogP contribution in [0.5, 0.6) is 0 Å². The maximum atomic E-state index is 10.1. The zero-order valence-corrected chi connectivity index (χ0v) is 5.54.